The lowest BCUT2D eigenvalue weighted by Gasteiger charge is -2.26. The zero-order valence-corrected chi connectivity index (χ0v) is 11.3. The smallest absolute Gasteiger partial charge is 0.289 e. The fourth-order valence-corrected chi connectivity index (χ4v) is 3.65. The van der Waals surface area contributed by atoms with Crippen LogP contribution in [0.1, 0.15) is 12.8 Å². The summed E-state index contributed by atoms with van der Waals surface area (Å²) in [5.74, 6) is 0. The lowest BCUT2D eigenvalue weighted by Crippen LogP contribution is -2.38. The van der Waals surface area contributed by atoms with Crippen LogP contribution in [0.15, 0.2) is 34.3 Å². The van der Waals surface area contributed by atoms with E-state index >= 15 is 0 Å². The van der Waals surface area contributed by atoms with Crippen LogP contribution in [0.25, 0.3) is 0 Å². The van der Waals surface area contributed by atoms with Crippen molar-refractivity contribution in [2.75, 3.05) is 13.1 Å². The van der Waals surface area contributed by atoms with E-state index in [0.29, 0.717) is 18.6 Å². The van der Waals surface area contributed by atoms with Gasteiger partial charge in [0.1, 0.15) is 0 Å². The zero-order chi connectivity index (χ0) is 14.8. The summed E-state index contributed by atoms with van der Waals surface area (Å²) in [5.41, 5.74) is 0.0909. The van der Waals surface area contributed by atoms with Gasteiger partial charge in [0.25, 0.3) is 5.69 Å². The van der Waals surface area contributed by atoms with Crippen molar-refractivity contribution in [1.29, 1.82) is 0 Å². The minimum Gasteiger partial charge on any atom is -0.411 e. The molecule has 8 nitrogen and oxygen atoms in total. The van der Waals surface area contributed by atoms with Gasteiger partial charge < -0.3 is 5.21 Å². The maximum Gasteiger partial charge on any atom is 0.289 e. The highest BCUT2D eigenvalue weighted by Crippen LogP contribution is 2.27. The Hall–Kier alpha value is -2.00. The molecule has 1 aliphatic rings. The standard InChI is InChI=1S/C11H13N3O5S/c15-12-9-5-7-13(8-6-9)20(18,19)11-4-2-1-3-10(11)14(16)17/h1-4,15H,5-8H2. The van der Waals surface area contributed by atoms with E-state index in [4.69, 9.17) is 5.21 Å². The highest BCUT2D eigenvalue weighted by molar-refractivity contribution is 7.89. The molecule has 2 rings (SSSR count). The molecular weight excluding hydrogens is 286 g/mol. The Morgan fingerprint density at radius 3 is 2.40 bits per heavy atom. The number of nitrogens with zero attached hydrogens (tertiary/aromatic N) is 3. The second-order valence-electron chi connectivity index (χ2n) is 4.30. The molecule has 0 spiro atoms. The average Bonchev–Trinajstić information content (AvgIpc) is 2.47. The summed E-state index contributed by atoms with van der Waals surface area (Å²) in [6.45, 7) is 0.293. The number of para-hydroxylation sites is 1. The molecule has 0 radical (unpaired) electrons. The third kappa shape index (κ3) is 2.63. The van der Waals surface area contributed by atoms with Gasteiger partial charge in [-0.3, -0.25) is 10.1 Å². The Balaban J connectivity index is 2.35. The Kier molecular flexibility index (Phi) is 4.00. The molecule has 108 valence electrons. The second kappa shape index (κ2) is 5.55. The quantitative estimate of drug-likeness (QED) is 0.512. The number of piperidine rings is 1. The third-order valence-electron chi connectivity index (χ3n) is 3.12. The van der Waals surface area contributed by atoms with Gasteiger partial charge in [0.05, 0.1) is 10.6 Å². The predicted molar refractivity (Wildman–Crippen MR) is 70.3 cm³/mol. The van der Waals surface area contributed by atoms with E-state index in [0.717, 1.165) is 6.07 Å². The molecule has 1 heterocycles. The van der Waals surface area contributed by atoms with Crippen molar-refractivity contribution < 1.29 is 18.5 Å². The van der Waals surface area contributed by atoms with Gasteiger partial charge in [0.2, 0.25) is 10.0 Å². The van der Waals surface area contributed by atoms with Crippen molar-refractivity contribution >= 4 is 21.4 Å². The van der Waals surface area contributed by atoms with Crippen molar-refractivity contribution in [3.63, 3.8) is 0 Å². The summed E-state index contributed by atoms with van der Waals surface area (Å²) in [6.07, 6.45) is 0.632. The molecule has 0 saturated carbocycles. The van der Waals surface area contributed by atoms with Gasteiger partial charge in [0.15, 0.2) is 4.90 Å². The van der Waals surface area contributed by atoms with Gasteiger partial charge in [-0.05, 0) is 6.07 Å². The third-order valence-corrected chi connectivity index (χ3v) is 5.07. The zero-order valence-electron chi connectivity index (χ0n) is 10.5. The van der Waals surface area contributed by atoms with Gasteiger partial charge in [-0.25, -0.2) is 8.42 Å². The Labute approximate surface area is 115 Å². The topological polar surface area (TPSA) is 113 Å². The molecule has 0 unspecified atom stereocenters. The average molecular weight is 299 g/mol. The summed E-state index contributed by atoms with van der Waals surface area (Å²) in [5, 5.41) is 22.6. The van der Waals surface area contributed by atoms with Crippen LogP contribution in [0.3, 0.4) is 0 Å². The fourth-order valence-electron chi connectivity index (χ4n) is 2.05. The van der Waals surface area contributed by atoms with Crippen LogP contribution < -0.4 is 0 Å². The second-order valence-corrected chi connectivity index (χ2v) is 6.20. The van der Waals surface area contributed by atoms with Crippen LogP contribution >= 0.6 is 0 Å². The molecule has 0 amide bonds. The first kappa shape index (κ1) is 14.4. The highest BCUT2D eigenvalue weighted by atomic mass is 32.2. The van der Waals surface area contributed by atoms with Gasteiger partial charge in [-0.2, -0.15) is 4.31 Å². The van der Waals surface area contributed by atoms with Gasteiger partial charge in [0, 0.05) is 32.0 Å². The number of hydrogen-bond acceptors (Lipinski definition) is 6. The van der Waals surface area contributed by atoms with Crippen molar-refractivity contribution in [3.8, 4) is 0 Å². The Morgan fingerprint density at radius 2 is 1.85 bits per heavy atom. The highest BCUT2D eigenvalue weighted by Gasteiger charge is 2.33. The molecule has 1 N–H and O–H groups in total. The van der Waals surface area contributed by atoms with Gasteiger partial charge in [-0.15, -0.1) is 0 Å². The Morgan fingerprint density at radius 1 is 1.25 bits per heavy atom. The van der Waals surface area contributed by atoms with Crippen LogP contribution in [-0.2, 0) is 10.0 Å². The van der Waals surface area contributed by atoms with Crippen molar-refractivity contribution in [2.45, 2.75) is 17.7 Å². The van der Waals surface area contributed by atoms with E-state index in [1.807, 2.05) is 0 Å². The fraction of sp³-hybridized carbons (Fsp3) is 0.364. The summed E-state index contributed by atoms with van der Waals surface area (Å²) in [7, 11) is -3.91. The number of sulfonamides is 1. The molecule has 1 aromatic rings. The lowest BCUT2D eigenvalue weighted by molar-refractivity contribution is -0.387. The summed E-state index contributed by atoms with van der Waals surface area (Å²) in [4.78, 5) is 9.90. The molecule has 0 atom stereocenters. The van der Waals surface area contributed by atoms with Crippen LogP contribution in [0.2, 0.25) is 0 Å². The Bertz CT molecular complexity index is 646. The molecule has 0 aromatic heterocycles. The molecule has 1 aliphatic heterocycles. The van der Waals surface area contributed by atoms with E-state index in [-0.39, 0.29) is 18.0 Å². The number of oxime groups is 1. The van der Waals surface area contributed by atoms with E-state index < -0.39 is 20.6 Å². The largest absolute Gasteiger partial charge is 0.411 e. The first-order chi connectivity index (χ1) is 9.46. The number of nitro groups is 1. The van der Waals surface area contributed by atoms with Crippen LogP contribution in [0.4, 0.5) is 5.69 Å². The van der Waals surface area contributed by atoms with Gasteiger partial charge in [-0.1, -0.05) is 17.3 Å². The summed E-state index contributed by atoms with van der Waals surface area (Å²) in [6, 6.07) is 5.26. The summed E-state index contributed by atoms with van der Waals surface area (Å²) < 4.78 is 26.0. The van der Waals surface area contributed by atoms with E-state index in [1.54, 1.807) is 0 Å². The van der Waals surface area contributed by atoms with Crippen LogP contribution in [0.5, 0.6) is 0 Å². The maximum atomic E-state index is 12.4. The first-order valence-electron chi connectivity index (χ1n) is 5.90. The minimum atomic E-state index is -3.91. The predicted octanol–water partition coefficient (Wildman–Crippen LogP) is 1.21. The SMILES string of the molecule is O=[N+]([O-])c1ccccc1S(=O)(=O)N1CCC(=NO)CC1. The van der Waals surface area contributed by atoms with E-state index in [2.05, 4.69) is 5.16 Å². The van der Waals surface area contributed by atoms with Crippen molar-refractivity contribution in [1.82, 2.24) is 4.31 Å². The molecule has 20 heavy (non-hydrogen) atoms. The van der Waals surface area contributed by atoms with Crippen molar-refractivity contribution in [3.05, 3.63) is 34.4 Å². The normalized spacial score (nSPS) is 16.9. The molecule has 9 heteroatoms. The molecule has 1 aromatic carbocycles. The molecule has 1 fully saturated rings. The molecule has 0 aliphatic carbocycles. The number of nitro benzene ring substituents is 1. The van der Waals surface area contributed by atoms with Gasteiger partial charge >= 0.3 is 0 Å². The molecule has 0 bridgehead atoms. The molecule has 1 saturated heterocycles. The number of benzene rings is 1. The van der Waals surface area contributed by atoms with E-state index in [9.17, 15) is 18.5 Å². The van der Waals surface area contributed by atoms with Crippen molar-refractivity contribution in [2.24, 2.45) is 5.16 Å². The monoisotopic (exact) mass is 299 g/mol. The first-order valence-corrected chi connectivity index (χ1v) is 7.34. The summed E-state index contributed by atoms with van der Waals surface area (Å²) >= 11 is 0. The van der Waals surface area contributed by atoms with Crippen LogP contribution in [-0.4, -0.2) is 41.7 Å². The lowest BCUT2D eigenvalue weighted by atomic mass is 10.1. The van der Waals surface area contributed by atoms with E-state index in [1.165, 1.54) is 22.5 Å². The number of hydrogen-bond donors (Lipinski definition) is 1. The molecular formula is C11H13N3O5S. The maximum absolute atomic E-state index is 12.4. The minimum absolute atomic E-state index is 0.147. The number of rotatable bonds is 3. The van der Waals surface area contributed by atoms with Crippen LogP contribution in [0, 0.1) is 10.1 Å².